The number of carbonyl (C=O) groups is 2. The summed E-state index contributed by atoms with van der Waals surface area (Å²) in [6.07, 6.45) is 0.952. The van der Waals surface area contributed by atoms with E-state index in [1.54, 1.807) is 0 Å². The summed E-state index contributed by atoms with van der Waals surface area (Å²) in [4.78, 5) is 25.5. The minimum atomic E-state index is -0.154. The highest BCUT2D eigenvalue weighted by molar-refractivity contribution is 7.99. The van der Waals surface area contributed by atoms with Gasteiger partial charge >= 0.3 is 0 Å². The normalized spacial score (nSPS) is 11.2. The van der Waals surface area contributed by atoms with Gasteiger partial charge in [-0.15, -0.1) is 10.2 Å². The van der Waals surface area contributed by atoms with Crippen LogP contribution >= 0.6 is 11.8 Å². The molecule has 0 spiro atoms. The Labute approximate surface area is 212 Å². The van der Waals surface area contributed by atoms with Crippen LogP contribution in [-0.4, -0.2) is 36.7 Å². The first-order valence-corrected chi connectivity index (χ1v) is 12.7. The number of carbonyl (C=O) groups excluding carboxylic acids is 2. The molecule has 3 aromatic carbocycles. The lowest BCUT2D eigenvalue weighted by molar-refractivity contribution is -0.116. The number of nitrogens with one attached hydrogen (secondary N) is 2. The molecule has 2 heterocycles. The third-order valence-corrected chi connectivity index (χ3v) is 6.90. The molecule has 0 fully saturated rings. The quantitative estimate of drug-likeness (QED) is 0.296. The average molecular weight is 499 g/mol. The van der Waals surface area contributed by atoms with Crippen LogP contribution in [-0.2, 0) is 22.6 Å². The van der Waals surface area contributed by atoms with Gasteiger partial charge in [0.25, 0.3) is 0 Å². The molecular weight excluding hydrogens is 472 g/mol. The summed E-state index contributed by atoms with van der Waals surface area (Å²) in [6.45, 7) is 4.14. The Morgan fingerprint density at radius 1 is 0.861 bits per heavy atom. The predicted molar refractivity (Wildman–Crippen MR) is 143 cm³/mol. The summed E-state index contributed by atoms with van der Waals surface area (Å²) in [7, 11) is 0. The Hall–Kier alpha value is -4.11. The van der Waals surface area contributed by atoms with E-state index in [9.17, 15) is 9.59 Å². The number of hydrogen-bond acceptors (Lipinski definition) is 5. The van der Waals surface area contributed by atoms with Gasteiger partial charge in [-0.1, -0.05) is 61.2 Å². The second-order valence-electron chi connectivity index (χ2n) is 8.44. The summed E-state index contributed by atoms with van der Waals surface area (Å²) in [6, 6.07) is 23.3. The number of rotatable bonds is 8. The minimum absolute atomic E-state index is 0.0857. The number of amides is 2. The van der Waals surface area contributed by atoms with E-state index in [0.717, 1.165) is 34.4 Å². The first-order valence-electron chi connectivity index (χ1n) is 11.7. The number of anilines is 2. The van der Waals surface area contributed by atoms with Crippen LogP contribution in [0.1, 0.15) is 18.1 Å². The molecule has 182 valence electrons. The molecule has 0 bridgehead atoms. The highest BCUT2D eigenvalue weighted by Crippen LogP contribution is 2.26. The molecule has 36 heavy (non-hydrogen) atoms. The van der Waals surface area contributed by atoms with Gasteiger partial charge in [-0.3, -0.25) is 18.6 Å². The van der Waals surface area contributed by atoms with Crippen molar-refractivity contribution < 1.29 is 9.59 Å². The van der Waals surface area contributed by atoms with Crippen molar-refractivity contribution in [2.45, 2.75) is 32.0 Å². The van der Waals surface area contributed by atoms with Crippen LogP contribution in [0.4, 0.5) is 11.4 Å². The fourth-order valence-corrected chi connectivity index (χ4v) is 4.82. The van der Waals surface area contributed by atoms with Crippen molar-refractivity contribution in [3.05, 3.63) is 83.9 Å². The predicted octanol–water partition coefficient (Wildman–Crippen LogP) is 4.92. The molecule has 0 atom stereocenters. The number of para-hydroxylation sites is 3. The van der Waals surface area contributed by atoms with Crippen LogP contribution in [0.25, 0.3) is 16.8 Å². The van der Waals surface area contributed by atoms with Gasteiger partial charge in [0, 0.05) is 11.4 Å². The maximum atomic E-state index is 12.9. The lowest BCUT2D eigenvalue weighted by atomic mass is 10.1. The lowest BCUT2D eigenvalue weighted by Gasteiger charge is -2.09. The second-order valence-corrected chi connectivity index (χ2v) is 9.39. The molecular formula is C27H26N6O2S. The highest BCUT2D eigenvalue weighted by Gasteiger charge is 2.19. The van der Waals surface area contributed by atoms with Gasteiger partial charge < -0.3 is 10.6 Å². The van der Waals surface area contributed by atoms with E-state index in [2.05, 4.69) is 27.8 Å². The molecule has 0 aliphatic rings. The Kier molecular flexibility index (Phi) is 6.73. The first-order chi connectivity index (χ1) is 17.5. The zero-order valence-electron chi connectivity index (χ0n) is 20.1. The number of hydrogen-bond donors (Lipinski definition) is 2. The van der Waals surface area contributed by atoms with Crippen molar-refractivity contribution >= 4 is 51.8 Å². The molecule has 9 heteroatoms. The molecule has 5 rings (SSSR count). The smallest absolute Gasteiger partial charge is 0.244 e. The molecule has 2 N–H and O–H groups in total. The van der Waals surface area contributed by atoms with E-state index in [4.69, 9.17) is 0 Å². The Bertz CT molecular complexity index is 1550. The van der Waals surface area contributed by atoms with E-state index >= 15 is 0 Å². The van der Waals surface area contributed by atoms with E-state index in [-0.39, 0.29) is 24.1 Å². The summed E-state index contributed by atoms with van der Waals surface area (Å²) < 4.78 is 3.74. The van der Waals surface area contributed by atoms with Crippen LogP contribution in [0.5, 0.6) is 0 Å². The maximum absolute atomic E-state index is 12.9. The number of aryl methyl sites for hydroxylation is 2. The molecule has 0 aliphatic heterocycles. The molecule has 0 saturated carbocycles. The molecule has 0 aliphatic carbocycles. The summed E-state index contributed by atoms with van der Waals surface area (Å²) in [5.74, 6) is 0.457. The van der Waals surface area contributed by atoms with Gasteiger partial charge in [-0.2, -0.15) is 0 Å². The standard InChI is InChI=1S/C27H26N6O2S/c1-3-19-12-14-20(15-13-19)28-25(35)17-36-27-31-30-26-32(22-10-6-7-11-23(22)33(26)27)16-24(34)29-21-9-5-4-8-18(21)2/h4-15H,3,16-17H2,1-2H3,(H,28,35)(H,29,34). The first kappa shape index (κ1) is 23.6. The zero-order valence-corrected chi connectivity index (χ0v) is 20.9. The average Bonchev–Trinajstić information content (AvgIpc) is 3.44. The van der Waals surface area contributed by atoms with E-state index in [1.165, 1.54) is 17.3 Å². The monoisotopic (exact) mass is 498 g/mol. The van der Waals surface area contributed by atoms with Gasteiger partial charge in [0.2, 0.25) is 17.6 Å². The molecule has 0 saturated heterocycles. The fraction of sp³-hybridized carbons (Fsp3) is 0.185. The van der Waals surface area contributed by atoms with Crippen molar-refractivity contribution in [3.8, 4) is 0 Å². The van der Waals surface area contributed by atoms with Crippen molar-refractivity contribution in [2.75, 3.05) is 16.4 Å². The molecule has 8 nitrogen and oxygen atoms in total. The molecule has 5 aromatic rings. The summed E-state index contributed by atoms with van der Waals surface area (Å²) in [5, 5.41) is 15.2. The number of fused-ring (bicyclic) bond motifs is 3. The van der Waals surface area contributed by atoms with Crippen molar-refractivity contribution in [2.24, 2.45) is 0 Å². The van der Waals surface area contributed by atoms with Crippen LogP contribution in [0.3, 0.4) is 0 Å². The topological polar surface area (TPSA) is 93.3 Å². The van der Waals surface area contributed by atoms with Crippen LogP contribution < -0.4 is 10.6 Å². The fourth-order valence-electron chi connectivity index (χ4n) is 4.08. The molecule has 0 unspecified atom stereocenters. The van der Waals surface area contributed by atoms with Gasteiger partial charge in [0.1, 0.15) is 6.54 Å². The summed E-state index contributed by atoms with van der Waals surface area (Å²) >= 11 is 1.31. The number of nitrogens with zero attached hydrogens (tertiary/aromatic N) is 4. The van der Waals surface area contributed by atoms with Crippen LogP contribution in [0, 0.1) is 6.92 Å². The maximum Gasteiger partial charge on any atom is 0.244 e. The SMILES string of the molecule is CCc1ccc(NC(=O)CSc2nnc3n(CC(=O)Nc4ccccc4C)c4ccccc4n23)cc1. The molecule has 2 amide bonds. The van der Waals surface area contributed by atoms with Crippen LogP contribution in [0.2, 0.25) is 0 Å². The van der Waals surface area contributed by atoms with Crippen LogP contribution in [0.15, 0.2) is 78.0 Å². The Balaban J connectivity index is 1.35. The largest absolute Gasteiger partial charge is 0.325 e. The van der Waals surface area contributed by atoms with E-state index < -0.39 is 0 Å². The van der Waals surface area contributed by atoms with Crippen molar-refractivity contribution in [1.82, 2.24) is 19.2 Å². The Morgan fingerprint density at radius 2 is 1.58 bits per heavy atom. The van der Waals surface area contributed by atoms with E-state index in [0.29, 0.717) is 10.9 Å². The van der Waals surface area contributed by atoms with Gasteiger partial charge in [0.05, 0.1) is 16.8 Å². The Morgan fingerprint density at radius 3 is 2.33 bits per heavy atom. The lowest BCUT2D eigenvalue weighted by Crippen LogP contribution is -2.19. The molecule has 2 aromatic heterocycles. The van der Waals surface area contributed by atoms with Gasteiger partial charge in [0.15, 0.2) is 5.16 Å². The third-order valence-electron chi connectivity index (χ3n) is 5.97. The second kappa shape index (κ2) is 10.2. The number of benzene rings is 3. The van der Waals surface area contributed by atoms with Crippen molar-refractivity contribution in [3.63, 3.8) is 0 Å². The summed E-state index contributed by atoms with van der Waals surface area (Å²) in [5.41, 5.74) is 5.50. The number of imidazole rings is 1. The van der Waals surface area contributed by atoms with Gasteiger partial charge in [-0.05, 0) is 54.8 Å². The zero-order chi connectivity index (χ0) is 25.1. The third kappa shape index (κ3) is 4.83. The van der Waals surface area contributed by atoms with Gasteiger partial charge in [-0.25, -0.2) is 0 Å². The minimum Gasteiger partial charge on any atom is -0.325 e. The number of aromatic nitrogens is 4. The van der Waals surface area contributed by atoms with E-state index in [1.807, 2.05) is 88.7 Å². The molecule has 0 radical (unpaired) electrons. The number of thioether (sulfide) groups is 1. The van der Waals surface area contributed by atoms with Crippen molar-refractivity contribution in [1.29, 1.82) is 0 Å². The highest BCUT2D eigenvalue weighted by atomic mass is 32.2.